The number of ether oxygens (including phenoxy) is 2. The van der Waals surface area contributed by atoms with Gasteiger partial charge in [0.2, 0.25) is 0 Å². The van der Waals surface area contributed by atoms with E-state index in [2.05, 4.69) is 0 Å². The molecule has 0 bridgehead atoms. The molecule has 0 atom stereocenters. The molecule has 2 aliphatic rings. The highest BCUT2D eigenvalue weighted by atomic mass is 16.5. The number of anilines is 1. The smallest absolute Gasteiger partial charge is 0.145 e. The Balaban J connectivity index is 2.18. The molecule has 0 spiro atoms. The fraction of sp³-hybridized carbons (Fsp3) is 0.500. The van der Waals surface area contributed by atoms with Crippen molar-refractivity contribution in [2.24, 2.45) is 0 Å². The number of nitrogen functional groups attached to an aromatic ring is 1. The first-order valence-electron chi connectivity index (χ1n) is 5.56. The molecule has 0 amide bonds. The van der Waals surface area contributed by atoms with E-state index in [1.54, 1.807) is 0 Å². The van der Waals surface area contributed by atoms with Crippen molar-refractivity contribution in [3.8, 4) is 11.5 Å². The van der Waals surface area contributed by atoms with Crippen molar-refractivity contribution in [2.75, 3.05) is 18.9 Å². The number of fused-ring (bicyclic) bond motifs is 3. The van der Waals surface area contributed by atoms with Crippen LogP contribution in [0.25, 0.3) is 0 Å². The van der Waals surface area contributed by atoms with Crippen LogP contribution >= 0.6 is 0 Å². The summed E-state index contributed by atoms with van der Waals surface area (Å²) in [7, 11) is 0. The number of benzene rings is 1. The maximum absolute atomic E-state index is 5.96. The van der Waals surface area contributed by atoms with E-state index in [4.69, 9.17) is 15.2 Å². The molecule has 1 aromatic carbocycles. The molecule has 0 saturated heterocycles. The summed E-state index contributed by atoms with van der Waals surface area (Å²) in [4.78, 5) is 0. The third-order valence-electron chi connectivity index (χ3n) is 3.13. The van der Waals surface area contributed by atoms with Crippen LogP contribution in [0.5, 0.6) is 11.5 Å². The molecular formula is C12H15NO2. The summed E-state index contributed by atoms with van der Waals surface area (Å²) in [6, 6.07) is 1.92. The second-order valence-electron chi connectivity index (χ2n) is 4.15. The Morgan fingerprint density at radius 2 is 1.73 bits per heavy atom. The molecular weight excluding hydrogens is 190 g/mol. The first-order chi connectivity index (χ1) is 7.36. The summed E-state index contributed by atoms with van der Waals surface area (Å²) < 4.78 is 11.3. The number of hydrogen-bond acceptors (Lipinski definition) is 3. The SMILES string of the molecule is Nc1cc2c(c3c1OCCC3)CCCO2. The quantitative estimate of drug-likeness (QED) is 0.658. The van der Waals surface area contributed by atoms with Crippen LogP contribution in [0.3, 0.4) is 0 Å². The van der Waals surface area contributed by atoms with Gasteiger partial charge >= 0.3 is 0 Å². The van der Waals surface area contributed by atoms with E-state index >= 15 is 0 Å². The minimum absolute atomic E-state index is 0.727. The van der Waals surface area contributed by atoms with Crippen LogP contribution in [0.4, 0.5) is 5.69 Å². The van der Waals surface area contributed by atoms with E-state index < -0.39 is 0 Å². The summed E-state index contributed by atoms with van der Waals surface area (Å²) in [6.07, 6.45) is 4.36. The van der Waals surface area contributed by atoms with Gasteiger partial charge in [-0.15, -0.1) is 0 Å². The zero-order valence-electron chi connectivity index (χ0n) is 8.71. The highest BCUT2D eigenvalue weighted by molar-refractivity contribution is 5.65. The van der Waals surface area contributed by atoms with Gasteiger partial charge in [0.25, 0.3) is 0 Å². The first kappa shape index (κ1) is 8.89. The van der Waals surface area contributed by atoms with Crippen LogP contribution in [0.1, 0.15) is 24.0 Å². The van der Waals surface area contributed by atoms with Gasteiger partial charge in [-0.3, -0.25) is 0 Å². The predicted octanol–water partition coefficient (Wildman–Crippen LogP) is 1.92. The molecule has 0 aliphatic carbocycles. The molecule has 2 aliphatic heterocycles. The second kappa shape index (κ2) is 3.33. The molecule has 0 saturated carbocycles. The molecule has 0 radical (unpaired) electrons. The Kier molecular flexibility index (Phi) is 1.97. The van der Waals surface area contributed by atoms with Gasteiger partial charge in [-0.1, -0.05) is 0 Å². The zero-order chi connectivity index (χ0) is 10.3. The molecule has 2 heterocycles. The van der Waals surface area contributed by atoms with E-state index in [1.807, 2.05) is 6.07 Å². The molecule has 15 heavy (non-hydrogen) atoms. The van der Waals surface area contributed by atoms with E-state index in [9.17, 15) is 0 Å². The third kappa shape index (κ3) is 1.34. The van der Waals surface area contributed by atoms with Crippen molar-refractivity contribution in [1.82, 2.24) is 0 Å². The maximum atomic E-state index is 5.96. The molecule has 2 N–H and O–H groups in total. The normalized spacial score (nSPS) is 18.4. The van der Waals surface area contributed by atoms with Gasteiger partial charge in [-0.05, 0) is 25.7 Å². The van der Waals surface area contributed by atoms with Crippen molar-refractivity contribution in [1.29, 1.82) is 0 Å². The molecule has 3 heteroatoms. The molecule has 0 fully saturated rings. The lowest BCUT2D eigenvalue weighted by Gasteiger charge is -2.26. The average molecular weight is 205 g/mol. The van der Waals surface area contributed by atoms with Gasteiger partial charge in [-0.25, -0.2) is 0 Å². The Hall–Kier alpha value is -1.38. The maximum Gasteiger partial charge on any atom is 0.145 e. The Labute approximate surface area is 89.2 Å². The van der Waals surface area contributed by atoms with E-state index in [-0.39, 0.29) is 0 Å². The fourth-order valence-electron chi connectivity index (χ4n) is 2.45. The molecule has 1 aromatic rings. The third-order valence-corrected chi connectivity index (χ3v) is 3.13. The molecule has 0 aromatic heterocycles. The van der Waals surface area contributed by atoms with Crippen molar-refractivity contribution in [2.45, 2.75) is 25.7 Å². The van der Waals surface area contributed by atoms with E-state index in [0.29, 0.717) is 0 Å². The highest BCUT2D eigenvalue weighted by Crippen LogP contribution is 2.41. The monoisotopic (exact) mass is 205 g/mol. The van der Waals surface area contributed by atoms with E-state index in [0.717, 1.165) is 56.1 Å². The minimum Gasteiger partial charge on any atom is -0.493 e. The lowest BCUT2D eigenvalue weighted by Crippen LogP contribution is -2.17. The summed E-state index contributed by atoms with van der Waals surface area (Å²) in [5, 5.41) is 0. The lowest BCUT2D eigenvalue weighted by molar-refractivity contribution is 0.271. The van der Waals surface area contributed by atoms with Crippen LogP contribution in [0, 0.1) is 0 Å². The van der Waals surface area contributed by atoms with Gasteiger partial charge in [0.1, 0.15) is 11.5 Å². The van der Waals surface area contributed by atoms with Crippen LogP contribution in [-0.2, 0) is 12.8 Å². The van der Waals surface area contributed by atoms with E-state index in [1.165, 1.54) is 11.1 Å². The van der Waals surface area contributed by atoms with Crippen molar-refractivity contribution in [3.05, 3.63) is 17.2 Å². The zero-order valence-corrected chi connectivity index (χ0v) is 8.71. The first-order valence-corrected chi connectivity index (χ1v) is 5.56. The fourth-order valence-corrected chi connectivity index (χ4v) is 2.45. The summed E-state index contributed by atoms with van der Waals surface area (Å²) >= 11 is 0. The second-order valence-corrected chi connectivity index (χ2v) is 4.15. The van der Waals surface area contributed by atoms with Crippen molar-refractivity contribution < 1.29 is 9.47 Å². The Morgan fingerprint density at radius 3 is 2.60 bits per heavy atom. The largest absolute Gasteiger partial charge is 0.493 e. The predicted molar refractivity (Wildman–Crippen MR) is 58.5 cm³/mol. The van der Waals surface area contributed by atoms with Crippen molar-refractivity contribution in [3.63, 3.8) is 0 Å². The molecule has 3 rings (SSSR count). The molecule has 3 nitrogen and oxygen atoms in total. The van der Waals surface area contributed by atoms with Crippen LogP contribution < -0.4 is 15.2 Å². The van der Waals surface area contributed by atoms with Gasteiger partial charge in [-0.2, -0.15) is 0 Å². The van der Waals surface area contributed by atoms with Gasteiger partial charge in [0.05, 0.1) is 18.9 Å². The lowest BCUT2D eigenvalue weighted by atomic mass is 9.94. The Bertz CT molecular complexity index is 401. The van der Waals surface area contributed by atoms with Gasteiger partial charge in [0.15, 0.2) is 0 Å². The number of hydrogen-bond donors (Lipinski definition) is 1. The number of nitrogens with two attached hydrogens (primary N) is 1. The molecule has 80 valence electrons. The summed E-state index contributed by atoms with van der Waals surface area (Å²) in [6.45, 7) is 1.60. The van der Waals surface area contributed by atoms with Gasteiger partial charge < -0.3 is 15.2 Å². The standard InChI is InChI=1S/C12H15NO2/c13-10-7-11-8(3-1-5-14-11)9-4-2-6-15-12(9)10/h7H,1-6,13H2. The van der Waals surface area contributed by atoms with Crippen LogP contribution in [0.2, 0.25) is 0 Å². The highest BCUT2D eigenvalue weighted by Gasteiger charge is 2.23. The van der Waals surface area contributed by atoms with Crippen molar-refractivity contribution >= 4 is 5.69 Å². The topological polar surface area (TPSA) is 44.5 Å². The minimum atomic E-state index is 0.727. The van der Waals surface area contributed by atoms with Gasteiger partial charge in [0, 0.05) is 17.2 Å². The Morgan fingerprint density at radius 1 is 1.00 bits per heavy atom. The summed E-state index contributed by atoms with van der Waals surface area (Å²) in [5.74, 6) is 1.88. The molecule has 0 unspecified atom stereocenters. The number of rotatable bonds is 0. The van der Waals surface area contributed by atoms with Crippen LogP contribution in [0.15, 0.2) is 6.07 Å². The summed E-state index contributed by atoms with van der Waals surface area (Å²) in [5.41, 5.74) is 9.30. The average Bonchev–Trinajstić information content (AvgIpc) is 2.30. The van der Waals surface area contributed by atoms with Crippen LogP contribution in [-0.4, -0.2) is 13.2 Å².